The summed E-state index contributed by atoms with van der Waals surface area (Å²) >= 11 is 3.67. The summed E-state index contributed by atoms with van der Waals surface area (Å²) in [6.07, 6.45) is 10.3. The van der Waals surface area contributed by atoms with Crippen molar-refractivity contribution in [2.24, 2.45) is 17.3 Å². The van der Waals surface area contributed by atoms with Crippen molar-refractivity contribution in [2.75, 3.05) is 13.1 Å². The molecule has 1 saturated heterocycles. The van der Waals surface area contributed by atoms with E-state index in [4.69, 9.17) is 0 Å². The number of piperidine rings is 1. The SMILES string of the molecule is Brc1cccc(C2CNCCC23CCCC(C2CC2)C3)c1. The Hall–Kier alpha value is -0.340. The summed E-state index contributed by atoms with van der Waals surface area (Å²) in [5.74, 6) is 2.83. The van der Waals surface area contributed by atoms with Crippen LogP contribution in [0.2, 0.25) is 0 Å². The van der Waals surface area contributed by atoms with E-state index < -0.39 is 0 Å². The van der Waals surface area contributed by atoms with E-state index in [0.29, 0.717) is 11.3 Å². The molecule has 3 aliphatic rings. The first kappa shape index (κ1) is 14.3. The minimum absolute atomic E-state index is 0.581. The molecular weight excluding hydrogens is 322 g/mol. The molecule has 1 N–H and O–H groups in total. The van der Waals surface area contributed by atoms with Gasteiger partial charge < -0.3 is 5.32 Å². The van der Waals surface area contributed by atoms with Crippen LogP contribution in [-0.2, 0) is 0 Å². The first-order valence-corrected chi connectivity index (χ1v) is 9.52. The number of rotatable bonds is 2. The molecular formula is C19H26BrN. The summed E-state index contributed by atoms with van der Waals surface area (Å²) in [7, 11) is 0. The van der Waals surface area contributed by atoms with Gasteiger partial charge in [-0.25, -0.2) is 0 Å². The second-order valence-electron chi connectivity index (χ2n) is 7.62. The van der Waals surface area contributed by atoms with Gasteiger partial charge in [-0.3, -0.25) is 0 Å². The van der Waals surface area contributed by atoms with Crippen molar-refractivity contribution in [3.63, 3.8) is 0 Å². The Labute approximate surface area is 137 Å². The fourth-order valence-corrected chi connectivity index (χ4v) is 5.54. The van der Waals surface area contributed by atoms with Crippen LogP contribution in [0.3, 0.4) is 0 Å². The van der Waals surface area contributed by atoms with Gasteiger partial charge in [-0.2, -0.15) is 0 Å². The summed E-state index contributed by atoms with van der Waals surface area (Å²) in [5.41, 5.74) is 2.13. The Balaban J connectivity index is 1.63. The standard InChI is InChI=1S/C19H26BrN/c20-17-5-1-3-15(11-17)18-13-21-10-9-19(18)8-2-4-16(12-19)14-6-7-14/h1,3,5,11,14,16,18,21H,2,4,6-10,12-13H2. The highest BCUT2D eigenvalue weighted by Gasteiger charge is 2.47. The Morgan fingerprint density at radius 2 is 2.00 bits per heavy atom. The van der Waals surface area contributed by atoms with Crippen LogP contribution in [0.4, 0.5) is 0 Å². The van der Waals surface area contributed by atoms with Crippen LogP contribution < -0.4 is 5.32 Å². The molecule has 0 aromatic heterocycles. The zero-order valence-corrected chi connectivity index (χ0v) is 14.4. The molecule has 1 aromatic carbocycles. The number of halogens is 1. The topological polar surface area (TPSA) is 12.0 Å². The minimum atomic E-state index is 0.581. The average molecular weight is 348 g/mol. The first-order valence-electron chi connectivity index (χ1n) is 8.73. The molecule has 1 heterocycles. The van der Waals surface area contributed by atoms with Crippen molar-refractivity contribution in [1.82, 2.24) is 5.32 Å². The predicted molar refractivity (Wildman–Crippen MR) is 91.5 cm³/mol. The molecule has 0 bridgehead atoms. The van der Waals surface area contributed by atoms with Gasteiger partial charge >= 0.3 is 0 Å². The maximum Gasteiger partial charge on any atom is 0.0178 e. The molecule has 2 heteroatoms. The molecule has 3 atom stereocenters. The van der Waals surface area contributed by atoms with Gasteiger partial charge in [-0.05, 0) is 73.6 Å². The van der Waals surface area contributed by atoms with E-state index in [0.717, 1.165) is 11.8 Å². The Morgan fingerprint density at radius 1 is 1.10 bits per heavy atom. The molecule has 3 unspecified atom stereocenters. The van der Waals surface area contributed by atoms with Gasteiger partial charge in [0.25, 0.3) is 0 Å². The van der Waals surface area contributed by atoms with Gasteiger partial charge in [0, 0.05) is 16.9 Å². The molecule has 3 fully saturated rings. The van der Waals surface area contributed by atoms with E-state index in [1.54, 1.807) is 5.56 Å². The summed E-state index contributed by atoms with van der Waals surface area (Å²) in [4.78, 5) is 0. The van der Waals surface area contributed by atoms with E-state index in [-0.39, 0.29) is 0 Å². The van der Waals surface area contributed by atoms with E-state index in [1.165, 1.54) is 62.5 Å². The zero-order chi connectivity index (χ0) is 14.3. The van der Waals surface area contributed by atoms with Crippen molar-refractivity contribution in [1.29, 1.82) is 0 Å². The molecule has 1 nitrogen and oxygen atoms in total. The molecule has 21 heavy (non-hydrogen) atoms. The highest BCUT2D eigenvalue weighted by molar-refractivity contribution is 9.10. The largest absolute Gasteiger partial charge is 0.316 e. The fraction of sp³-hybridized carbons (Fsp3) is 0.684. The third kappa shape index (κ3) is 2.82. The average Bonchev–Trinajstić information content (AvgIpc) is 3.32. The van der Waals surface area contributed by atoms with Crippen molar-refractivity contribution in [3.8, 4) is 0 Å². The Bertz CT molecular complexity index is 506. The Morgan fingerprint density at radius 3 is 2.81 bits per heavy atom. The fourth-order valence-electron chi connectivity index (χ4n) is 5.13. The molecule has 1 aromatic rings. The predicted octanol–water partition coefficient (Wildman–Crippen LogP) is 5.11. The van der Waals surface area contributed by atoms with Crippen LogP contribution >= 0.6 is 15.9 Å². The van der Waals surface area contributed by atoms with Crippen molar-refractivity contribution >= 4 is 15.9 Å². The maximum absolute atomic E-state index is 3.67. The second-order valence-corrected chi connectivity index (χ2v) is 8.53. The molecule has 0 radical (unpaired) electrons. The van der Waals surface area contributed by atoms with Crippen LogP contribution in [0.25, 0.3) is 0 Å². The highest BCUT2D eigenvalue weighted by atomic mass is 79.9. The minimum Gasteiger partial charge on any atom is -0.316 e. The molecule has 2 saturated carbocycles. The van der Waals surface area contributed by atoms with Gasteiger partial charge in [0.1, 0.15) is 0 Å². The van der Waals surface area contributed by atoms with Gasteiger partial charge in [-0.1, -0.05) is 40.9 Å². The van der Waals surface area contributed by atoms with Crippen LogP contribution in [0.5, 0.6) is 0 Å². The van der Waals surface area contributed by atoms with E-state index in [9.17, 15) is 0 Å². The molecule has 2 aliphatic carbocycles. The molecule has 0 amide bonds. The van der Waals surface area contributed by atoms with Crippen LogP contribution in [-0.4, -0.2) is 13.1 Å². The van der Waals surface area contributed by atoms with Gasteiger partial charge in [0.2, 0.25) is 0 Å². The Kier molecular flexibility index (Phi) is 3.87. The number of hydrogen-bond acceptors (Lipinski definition) is 1. The van der Waals surface area contributed by atoms with Crippen LogP contribution in [0.15, 0.2) is 28.7 Å². The zero-order valence-electron chi connectivity index (χ0n) is 12.8. The number of hydrogen-bond donors (Lipinski definition) is 1. The van der Waals surface area contributed by atoms with Crippen molar-refractivity contribution < 1.29 is 0 Å². The second kappa shape index (κ2) is 5.70. The summed E-state index contributed by atoms with van der Waals surface area (Å²) < 4.78 is 1.23. The van der Waals surface area contributed by atoms with Crippen molar-refractivity contribution in [2.45, 2.75) is 50.9 Å². The van der Waals surface area contributed by atoms with E-state index in [1.807, 2.05) is 0 Å². The lowest BCUT2D eigenvalue weighted by atomic mass is 9.58. The summed E-state index contributed by atoms with van der Waals surface area (Å²) in [5, 5.41) is 3.67. The van der Waals surface area contributed by atoms with E-state index in [2.05, 4.69) is 45.5 Å². The quantitative estimate of drug-likeness (QED) is 0.783. The smallest absolute Gasteiger partial charge is 0.0178 e. The maximum atomic E-state index is 3.67. The molecule has 114 valence electrons. The van der Waals surface area contributed by atoms with Gasteiger partial charge in [0.05, 0.1) is 0 Å². The number of benzene rings is 1. The summed E-state index contributed by atoms with van der Waals surface area (Å²) in [6, 6.07) is 9.08. The lowest BCUT2D eigenvalue weighted by molar-refractivity contribution is 0.0629. The van der Waals surface area contributed by atoms with Gasteiger partial charge in [-0.15, -0.1) is 0 Å². The molecule has 1 aliphatic heterocycles. The normalized spacial score (nSPS) is 36.8. The molecule has 4 rings (SSSR count). The van der Waals surface area contributed by atoms with E-state index >= 15 is 0 Å². The monoisotopic (exact) mass is 347 g/mol. The number of nitrogens with one attached hydrogen (secondary N) is 1. The third-order valence-electron chi connectivity index (χ3n) is 6.35. The van der Waals surface area contributed by atoms with Crippen LogP contribution in [0.1, 0.15) is 56.4 Å². The van der Waals surface area contributed by atoms with Gasteiger partial charge in [0.15, 0.2) is 0 Å². The first-order chi connectivity index (χ1) is 10.3. The highest BCUT2D eigenvalue weighted by Crippen LogP contribution is 2.56. The lowest BCUT2D eigenvalue weighted by Crippen LogP contribution is -2.46. The lowest BCUT2D eigenvalue weighted by Gasteiger charge is -2.50. The summed E-state index contributed by atoms with van der Waals surface area (Å²) in [6.45, 7) is 2.40. The van der Waals surface area contributed by atoms with Crippen molar-refractivity contribution in [3.05, 3.63) is 34.3 Å². The molecule has 1 spiro atoms. The van der Waals surface area contributed by atoms with Crippen LogP contribution in [0, 0.1) is 17.3 Å². The third-order valence-corrected chi connectivity index (χ3v) is 6.84.